The van der Waals surface area contributed by atoms with E-state index < -0.39 is 66.2 Å². The van der Waals surface area contributed by atoms with Gasteiger partial charge in [-0.25, -0.2) is 9.78 Å². The number of hydrogen-bond donors (Lipinski definition) is 9. The number of carbonyl (C=O) groups excluding carboxylic acids is 4. The Morgan fingerprint density at radius 2 is 1.54 bits per heavy atom. The number of aromatic amines is 1. The monoisotopic (exact) mass is 526 g/mol. The molecule has 1 aromatic heterocycles. The lowest BCUT2D eigenvalue weighted by Gasteiger charge is -2.25. The Morgan fingerprint density at radius 3 is 2.08 bits per heavy atom. The first-order chi connectivity index (χ1) is 17.4. The van der Waals surface area contributed by atoms with Crippen molar-refractivity contribution in [3.63, 3.8) is 0 Å². The Hall–Kier alpha value is -4.05. The molecule has 0 saturated carbocycles. The SMILES string of the molecule is NCCCCC(NC(=O)C(Cc1cnc[nH]1)NC(=O)C(N)CCC(N)=O)C(=O)NC(CC(=O)O)C(=O)O. The van der Waals surface area contributed by atoms with Gasteiger partial charge in [0, 0.05) is 24.7 Å². The molecule has 206 valence electrons. The van der Waals surface area contributed by atoms with E-state index in [1.54, 1.807) is 0 Å². The molecule has 37 heavy (non-hydrogen) atoms. The molecule has 4 amide bonds. The third kappa shape index (κ3) is 12.0. The van der Waals surface area contributed by atoms with Crippen LogP contribution in [0.4, 0.5) is 0 Å². The number of aliphatic carboxylic acids is 2. The molecule has 4 unspecified atom stereocenters. The third-order valence-corrected chi connectivity index (χ3v) is 5.22. The summed E-state index contributed by atoms with van der Waals surface area (Å²) >= 11 is 0. The van der Waals surface area contributed by atoms with Gasteiger partial charge >= 0.3 is 11.9 Å². The van der Waals surface area contributed by atoms with Crippen molar-refractivity contribution in [1.82, 2.24) is 25.9 Å². The van der Waals surface area contributed by atoms with Gasteiger partial charge in [0.2, 0.25) is 23.6 Å². The molecule has 0 bridgehead atoms. The molecule has 1 heterocycles. The zero-order chi connectivity index (χ0) is 28.0. The van der Waals surface area contributed by atoms with E-state index in [1.807, 2.05) is 0 Å². The minimum absolute atomic E-state index is 0.0517. The molecular formula is C21H34N8O8. The van der Waals surface area contributed by atoms with Gasteiger partial charge in [0.15, 0.2) is 0 Å². The van der Waals surface area contributed by atoms with Crippen LogP contribution in [0.5, 0.6) is 0 Å². The van der Waals surface area contributed by atoms with Crippen LogP contribution < -0.4 is 33.2 Å². The molecule has 0 aliphatic heterocycles. The quantitative estimate of drug-likeness (QED) is 0.0853. The van der Waals surface area contributed by atoms with Crippen LogP contribution in [0.3, 0.4) is 0 Å². The molecule has 0 radical (unpaired) electrons. The van der Waals surface area contributed by atoms with Crippen molar-refractivity contribution < 1.29 is 39.0 Å². The van der Waals surface area contributed by atoms with Gasteiger partial charge in [0.25, 0.3) is 0 Å². The average molecular weight is 527 g/mol. The van der Waals surface area contributed by atoms with Gasteiger partial charge in [-0.15, -0.1) is 0 Å². The number of carboxylic acids is 2. The lowest BCUT2D eigenvalue weighted by Crippen LogP contribution is -2.57. The summed E-state index contributed by atoms with van der Waals surface area (Å²) < 4.78 is 0. The fourth-order valence-corrected chi connectivity index (χ4v) is 3.21. The van der Waals surface area contributed by atoms with Crippen molar-refractivity contribution in [2.24, 2.45) is 17.2 Å². The summed E-state index contributed by atoms with van der Waals surface area (Å²) in [6.07, 6.45) is 2.62. The van der Waals surface area contributed by atoms with Crippen LogP contribution in [0, 0.1) is 0 Å². The smallest absolute Gasteiger partial charge is 0.326 e. The van der Waals surface area contributed by atoms with Gasteiger partial charge in [0.1, 0.15) is 18.1 Å². The van der Waals surface area contributed by atoms with E-state index in [0.29, 0.717) is 25.1 Å². The number of H-pyrrole nitrogens is 1. The average Bonchev–Trinajstić information content (AvgIpc) is 3.33. The normalized spacial score (nSPS) is 14.0. The summed E-state index contributed by atoms with van der Waals surface area (Å²) in [4.78, 5) is 78.4. The number of carbonyl (C=O) groups is 6. The standard InChI is InChI=1S/C21H34N8O8/c22-6-2-1-3-13(19(34)29-15(21(36)37)8-17(31)32)27-20(35)14(7-11-9-25-10-26-11)28-18(33)12(23)4-5-16(24)30/h9-10,12-15H,1-8,22-23H2,(H2,24,30)(H,25,26)(H,27,35)(H,28,33)(H,29,34)(H,31,32)(H,36,37). The number of nitrogens with zero attached hydrogens (tertiary/aromatic N) is 1. The van der Waals surface area contributed by atoms with Crippen molar-refractivity contribution in [1.29, 1.82) is 0 Å². The van der Waals surface area contributed by atoms with E-state index in [-0.39, 0.29) is 25.7 Å². The number of carboxylic acid groups (broad SMARTS) is 2. The van der Waals surface area contributed by atoms with Crippen LogP contribution in [-0.2, 0) is 35.2 Å². The second kappa shape index (κ2) is 15.8. The molecule has 0 saturated heterocycles. The first-order valence-corrected chi connectivity index (χ1v) is 11.5. The van der Waals surface area contributed by atoms with Crippen LogP contribution in [0.1, 0.15) is 44.2 Å². The Bertz CT molecular complexity index is 939. The van der Waals surface area contributed by atoms with E-state index >= 15 is 0 Å². The fourth-order valence-electron chi connectivity index (χ4n) is 3.21. The van der Waals surface area contributed by atoms with Crippen molar-refractivity contribution in [2.75, 3.05) is 6.54 Å². The summed E-state index contributed by atoms with van der Waals surface area (Å²) in [6, 6.07) is -5.34. The highest BCUT2D eigenvalue weighted by Crippen LogP contribution is 2.06. The maximum absolute atomic E-state index is 13.1. The lowest BCUT2D eigenvalue weighted by atomic mass is 10.0. The van der Waals surface area contributed by atoms with Gasteiger partial charge < -0.3 is 48.3 Å². The molecule has 16 nitrogen and oxygen atoms in total. The molecule has 16 heteroatoms. The molecular weight excluding hydrogens is 492 g/mol. The van der Waals surface area contributed by atoms with Crippen molar-refractivity contribution in [3.05, 3.63) is 18.2 Å². The van der Waals surface area contributed by atoms with Gasteiger partial charge in [-0.05, 0) is 32.2 Å². The number of rotatable bonds is 18. The number of nitrogens with two attached hydrogens (primary N) is 3. The molecule has 0 aromatic carbocycles. The number of imidazole rings is 1. The fraction of sp³-hybridized carbons (Fsp3) is 0.571. The number of nitrogens with one attached hydrogen (secondary N) is 4. The van der Waals surface area contributed by atoms with Crippen LogP contribution in [0.25, 0.3) is 0 Å². The van der Waals surface area contributed by atoms with Gasteiger partial charge in [-0.3, -0.25) is 24.0 Å². The van der Waals surface area contributed by atoms with E-state index in [1.165, 1.54) is 12.5 Å². The Balaban J connectivity index is 3.05. The zero-order valence-corrected chi connectivity index (χ0v) is 20.1. The molecule has 0 aliphatic rings. The molecule has 0 aliphatic carbocycles. The maximum Gasteiger partial charge on any atom is 0.326 e. The summed E-state index contributed by atoms with van der Waals surface area (Å²) in [6.45, 7) is 0.306. The van der Waals surface area contributed by atoms with Crippen molar-refractivity contribution >= 4 is 35.6 Å². The second-order valence-electron chi connectivity index (χ2n) is 8.30. The summed E-state index contributed by atoms with van der Waals surface area (Å²) in [5, 5.41) is 25.2. The molecule has 1 aromatic rings. The van der Waals surface area contributed by atoms with Crippen molar-refractivity contribution in [3.8, 4) is 0 Å². The molecule has 0 spiro atoms. The largest absolute Gasteiger partial charge is 0.481 e. The highest BCUT2D eigenvalue weighted by atomic mass is 16.4. The molecule has 4 atom stereocenters. The summed E-state index contributed by atoms with van der Waals surface area (Å²) in [5.74, 6) is -6.09. The minimum atomic E-state index is -1.72. The van der Waals surface area contributed by atoms with E-state index in [9.17, 15) is 33.9 Å². The minimum Gasteiger partial charge on any atom is -0.481 e. The molecule has 12 N–H and O–H groups in total. The van der Waals surface area contributed by atoms with Crippen LogP contribution >= 0.6 is 0 Å². The highest BCUT2D eigenvalue weighted by molar-refractivity contribution is 5.94. The summed E-state index contributed by atoms with van der Waals surface area (Å²) in [7, 11) is 0. The topological polar surface area (TPSA) is 286 Å². The number of hydrogen-bond acceptors (Lipinski definition) is 9. The predicted molar refractivity (Wildman–Crippen MR) is 127 cm³/mol. The van der Waals surface area contributed by atoms with Gasteiger partial charge in [-0.2, -0.15) is 0 Å². The van der Waals surface area contributed by atoms with Crippen molar-refractivity contribution in [2.45, 2.75) is 69.1 Å². The highest BCUT2D eigenvalue weighted by Gasteiger charge is 2.31. The second-order valence-corrected chi connectivity index (χ2v) is 8.30. The Morgan fingerprint density at radius 1 is 0.919 bits per heavy atom. The maximum atomic E-state index is 13.1. The summed E-state index contributed by atoms with van der Waals surface area (Å²) in [5.41, 5.74) is 16.8. The number of primary amides is 1. The lowest BCUT2D eigenvalue weighted by molar-refractivity contribution is -0.147. The zero-order valence-electron chi connectivity index (χ0n) is 20.1. The Labute approximate surface area is 212 Å². The Kier molecular flexibility index (Phi) is 13.3. The first-order valence-electron chi connectivity index (χ1n) is 11.5. The third-order valence-electron chi connectivity index (χ3n) is 5.22. The van der Waals surface area contributed by atoms with Crippen LogP contribution in [-0.4, -0.2) is 86.5 Å². The van der Waals surface area contributed by atoms with Crippen LogP contribution in [0.2, 0.25) is 0 Å². The van der Waals surface area contributed by atoms with E-state index in [2.05, 4.69) is 25.9 Å². The van der Waals surface area contributed by atoms with Gasteiger partial charge in [0.05, 0.1) is 18.8 Å². The van der Waals surface area contributed by atoms with Gasteiger partial charge in [-0.1, -0.05) is 0 Å². The molecule has 0 fully saturated rings. The first kappa shape index (κ1) is 31.0. The van der Waals surface area contributed by atoms with E-state index in [0.717, 1.165) is 0 Å². The number of amides is 4. The molecule has 1 rings (SSSR count). The number of unbranched alkanes of at least 4 members (excludes halogenated alkanes) is 1. The number of aromatic nitrogens is 2. The van der Waals surface area contributed by atoms with E-state index in [4.69, 9.17) is 22.3 Å². The van der Waals surface area contributed by atoms with Crippen LogP contribution in [0.15, 0.2) is 12.5 Å². The predicted octanol–water partition coefficient (Wildman–Crippen LogP) is -3.31.